The first-order valence-electron chi connectivity index (χ1n) is 7.43. The van der Waals surface area contributed by atoms with Crippen molar-refractivity contribution in [3.8, 4) is 5.88 Å². The summed E-state index contributed by atoms with van der Waals surface area (Å²) in [5, 5.41) is 0. The Labute approximate surface area is 125 Å². The Morgan fingerprint density at radius 2 is 2.24 bits per heavy atom. The Hall–Kier alpha value is -2.17. The average Bonchev–Trinajstić information content (AvgIpc) is 2.97. The zero-order chi connectivity index (χ0) is 14.7. The second kappa shape index (κ2) is 6.08. The van der Waals surface area contributed by atoms with Crippen molar-refractivity contribution in [2.45, 2.75) is 32.7 Å². The van der Waals surface area contributed by atoms with Crippen LogP contribution in [0, 0.1) is 6.92 Å². The van der Waals surface area contributed by atoms with Crippen LogP contribution in [-0.4, -0.2) is 28.1 Å². The molecule has 1 fully saturated rings. The summed E-state index contributed by atoms with van der Waals surface area (Å²) in [5.74, 6) is 1.55. The lowest BCUT2D eigenvalue weighted by Gasteiger charge is -2.25. The molecular formula is C16H20N4O. The van der Waals surface area contributed by atoms with Gasteiger partial charge in [-0.25, -0.2) is 9.97 Å². The van der Waals surface area contributed by atoms with Gasteiger partial charge in [-0.1, -0.05) is 6.07 Å². The van der Waals surface area contributed by atoms with Crippen LogP contribution in [0.1, 0.15) is 37.2 Å². The van der Waals surface area contributed by atoms with Crippen LogP contribution in [0.2, 0.25) is 0 Å². The molecule has 21 heavy (non-hydrogen) atoms. The van der Waals surface area contributed by atoms with Gasteiger partial charge < -0.3 is 9.64 Å². The second-order valence-corrected chi connectivity index (χ2v) is 5.20. The summed E-state index contributed by atoms with van der Waals surface area (Å²) >= 11 is 0. The van der Waals surface area contributed by atoms with Crippen molar-refractivity contribution >= 4 is 5.82 Å². The van der Waals surface area contributed by atoms with Gasteiger partial charge in [-0.3, -0.25) is 4.98 Å². The Bertz CT molecular complexity index is 617. The highest BCUT2D eigenvalue weighted by atomic mass is 16.5. The molecule has 110 valence electrons. The van der Waals surface area contributed by atoms with E-state index in [0.29, 0.717) is 12.5 Å². The first-order chi connectivity index (χ1) is 10.3. The highest BCUT2D eigenvalue weighted by Crippen LogP contribution is 2.34. The van der Waals surface area contributed by atoms with Crippen LogP contribution in [0.3, 0.4) is 0 Å². The van der Waals surface area contributed by atoms with Gasteiger partial charge in [0.2, 0.25) is 5.88 Å². The van der Waals surface area contributed by atoms with Crippen molar-refractivity contribution < 1.29 is 4.74 Å². The second-order valence-electron chi connectivity index (χ2n) is 5.20. The van der Waals surface area contributed by atoms with Gasteiger partial charge >= 0.3 is 0 Å². The molecule has 3 heterocycles. The predicted octanol–water partition coefficient (Wildman–Crippen LogP) is 2.92. The molecular weight excluding hydrogens is 264 g/mol. The molecule has 0 spiro atoms. The first kappa shape index (κ1) is 13.8. The van der Waals surface area contributed by atoms with E-state index in [-0.39, 0.29) is 6.04 Å². The standard InChI is InChI=1S/C16H20N4O/c1-3-21-16-10-15(17-11-18-16)20-9-5-8-14(20)13-7-4-6-12(2)19-13/h4,6-7,10-11,14H,3,5,8-9H2,1-2H3/t14-/m0/s1. The smallest absolute Gasteiger partial charge is 0.218 e. The number of ether oxygens (including phenoxy) is 1. The molecule has 2 aromatic rings. The third-order valence-electron chi connectivity index (χ3n) is 3.72. The molecule has 5 nitrogen and oxygen atoms in total. The molecule has 0 aromatic carbocycles. The number of rotatable bonds is 4. The highest BCUT2D eigenvalue weighted by molar-refractivity contribution is 5.44. The van der Waals surface area contributed by atoms with Gasteiger partial charge in [-0.05, 0) is 38.8 Å². The van der Waals surface area contributed by atoms with E-state index in [2.05, 4.69) is 32.0 Å². The van der Waals surface area contributed by atoms with E-state index in [9.17, 15) is 0 Å². The largest absolute Gasteiger partial charge is 0.478 e. The van der Waals surface area contributed by atoms with Crippen LogP contribution in [0.5, 0.6) is 5.88 Å². The van der Waals surface area contributed by atoms with Crippen LogP contribution < -0.4 is 9.64 Å². The topological polar surface area (TPSA) is 51.1 Å². The van der Waals surface area contributed by atoms with E-state index >= 15 is 0 Å². The summed E-state index contributed by atoms with van der Waals surface area (Å²) < 4.78 is 5.47. The lowest BCUT2D eigenvalue weighted by atomic mass is 10.1. The van der Waals surface area contributed by atoms with E-state index in [1.54, 1.807) is 6.33 Å². The third-order valence-corrected chi connectivity index (χ3v) is 3.72. The van der Waals surface area contributed by atoms with Gasteiger partial charge in [0.1, 0.15) is 12.1 Å². The molecule has 2 aromatic heterocycles. The zero-order valence-electron chi connectivity index (χ0n) is 12.5. The minimum absolute atomic E-state index is 0.286. The minimum atomic E-state index is 0.286. The van der Waals surface area contributed by atoms with Crippen molar-refractivity contribution in [3.63, 3.8) is 0 Å². The number of nitrogens with zero attached hydrogens (tertiary/aromatic N) is 4. The molecule has 5 heteroatoms. The summed E-state index contributed by atoms with van der Waals surface area (Å²) in [6.07, 6.45) is 3.82. The number of pyridine rings is 1. The van der Waals surface area contributed by atoms with Crippen molar-refractivity contribution in [2.75, 3.05) is 18.1 Å². The van der Waals surface area contributed by atoms with Crippen molar-refractivity contribution in [1.29, 1.82) is 0 Å². The minimum Gasteiger partial charge on any atom is -0.478 e. The lowest BCUT2D eigenvalue weighted by Crippen LogP contribution is -2.24. The van der Waals surface area contributed by atoms with E-state index < -0.39 is 0 Å². The fourth-order valence-corrected chi connectivity index (χ4v) is 2.81. The number of aromatic nitrogens is 3. The van der Waals surface area contributed by atoms with Crippen LogP contribution in [-0.2, 0) is 0 Å². The Morgan fingerprint density at radius 1 is 1.33 bits per heavy atom. The summed E-state index contributed by atoms with van der Waals surface area (Å²) in [5.41, 5.74) is 2.17. The van der Waals surface area contributed by atoms with E-state index in [1.165, 1.54) is 0 Å². The molecule has 1 saturated heterocycles. The van der Waals surface area contributed by atoms with Crippen LogP contribution in [0.25, 0.3) is 0 Å². The van der Waals surface area contributed by atoms with Gasteiger partial charge in [0.15, 0.2) is 0 Å². The Kier molecular flexibility index (Phi) is 3.99. The maximum Gasteiger partial charge on any atom is 0.218 e. The molecule has 1 atom stereocenters. The highest BCUT2D eigenvalue weighted by Gasteiger charge is 2.28. The van der Waals surface area contributed by atoms with Crippen molar-refractivity contribution in [1.82, 2.24) is 15.0 Å². The van der Waals surface area contributed by atoms with Gasteiger partial charge in [0.25, 0.3) is 0 Å². The van der Waals surface area contributed by atoms with E-state index in [4.69, 9.17) is 4.74 Å². The molecule has 0 amide bonds. The van der Waals surface area contributed by atoms with E-state index in [1.807, 2.05) is 26.0 Å². The van der Waals surface area contributed by atoms with Crippen molar-refractivity contribution in [3.05, 3.63) is 42.0 Å². The number of anilines is 1. The van der Waals surface area contributed by atoms with Gasteiger partial charge in [-0.15, -0.1) is 0 Å². The quantitative estimate of drug-likeness (QED) is 0.864. The molecule has 0 unspecified atom stereocenters. The summed E-state index contributed by atoms with van der Waals surface area (Å²) in [4.78, 5) is 15.5. The normalized spacial score (nSPS) is 18.0. The Balaban J connectivity index is 1.88. The molecule has 0 aliphatic carbocycles. The van der Waals surface area contributed by atoms with Crippen LogP contribution >= 0.6 is 0 Å². The molecule has 1 aliphatic heterocycles. The fraction of sp³-hybridized carbons (Fsp3) is 0.438. The first-order valence-corrected chi connectivity index (χ1v) is 7.43. The van der Waals surface area contributed by atoms with Gasteiger partial charge in [0.05, 0.1) is 18.3 Å². The summed E-state index contributed by atoms with van der Waals surface area (Å²) in [6, 6.07) is 8.40. The van der Waals surface area contributed by atoms with Crippen molar-refractivity contribution in [2.24, 2.45) is 0 Å². The molecule has 0 N–H and O–H groups in total. The maximum atomic E-state index is 5.47. The fourth-order valence-electron chi connectivity index (χ4n) is 2.81. The van der Waals surface area contributed by atoms with Crippen LogP contribution in [0.15, 0.2) is 30.6 Å². The lowest BCUT2D eigenvalue weighted by molar-refractivity contribution is 0.326. The zero-order valence-corrected chi connectivity index (χ0v) is 12.5. The number of aryl methyl sites for hydroxylation is 1. The van der Waals surface area contributed by atoms with Gasteiger partial charge in [0, 0.05) is 18.3 Å². The molecule has 1 aliphatic rings. The molecule has 0 bridgehead atoms. The molecule has 0 saturated carbocycles. The summed E-state index contributed by atoms with van der Waals surface area (Å²) in [7, 11) is 0. The molecule has 3 rings (SSSR count). The number of hydrogen-bond donors (Lipinski definition) is 0. The van der Waals surface area contributed by atoms with Gasteiger partial charge in [-0.2, -0.15) is 0 Å². The molecule has 0 radical (unpaired) electrons. The average molecular weight is 284 g/mol. The Morgan fingerprint density at radius 3 is 3.05 bits per heavy atom. The third kappa shape index (κ3) is 2.96. The SMILES string of the molecule is CCOc1cc(N2CCC[C@H]2c2cccc(C)n2)ncn1. The summed E-state index contributed by atoms with van der Waals surface area (Å²) in [6.45, 7) is 5.58. The van der Waals surface area contributed by atoms with Crippen LogP contribution in [0.4, 0.5) is 5.82 Å². The van der Waals surface area contributed by atoms with E-state index in [0.717, 1.165) is 36.6 Å². The monoisotopic (exact) mass is 284 g/mol. The maximum absolute atomic E-state index is 5.47. The predicted molar refractivity (Wildman–Crippen MR) is 81.5 cm³/mol. The number of hydrogen-bond acceptors (Lipinski definition) is 5.